The lowest BCUT2D eigenvalue weighted by Crippen LogP contribution is -2.44. The van der Waals surface area contributed by atoms with Gasteiger partial charge in [0.25, 0.3) is 0 Å². The number of fused-ring (bicyclic) bond motifs is 1. The van der Waals surface area contributed by atoms with E-state index in [1.807, 2.05) is 14.0 Å². The van der Waals surface area contributed by atoms with Crippen LogP contribution in [0.5, 0.6) is 0 Å². The second-order valence-electron chi connectivity index (χ2n) is 7.78. The number of benzene rings is 1. The quantitative estimate of drug-likeness (QED) is 0.611. The molecule has 1 fully saturated rings. The number of methoxy groups -OCH3 is 1. The topological polar surface area (TPSA) is 18.5 Å². The third-order valence-electron chi connectivity index (χ3n) is 6.08. The number of hydrogen-bond donors (Lipinski definition) is 0. The van der Waals surface area contributed by atoms with E-state index in [0.29, 0.717) is 24.5 Å². The van der Waals surface area contributed by atoms with Crippen LogP contribution in [0, 0.1) is 17.3 Å². The molecule has 0 aliphatic heterocycles. The molecule has 2 nitrogen and oxygen atoms in total. The first-order valence-corrected chi connectivity index (χ1v) is 9.84. The highest BCUT2D eigenvalue weighted by molar-refractivity contribution is 9.10. The van der Waals surface area contributed by atoms with Gasteiger partial charge in [-0.25, -0.2) is 0 Å². The first kappa shape index (κ1) is 18.0. The van der Waals surface area contributed by atoms with E-state index in [0.717, 1.165) is 16.7 Å². The van der Waals surface area contributed by atoms with Gasteiger partial charge in [-0.1, -0.05) is 42.4 Å². The van der Waals surface area contributed by atoms with Gasteiger partial charge in [0.1, 0.15) is 0 Å². The number of halogens is 1. The van der Waals surface area contributed by atoms with Gasteiger partial charge in [-0.2, -0.15) is 0 Å². The lowest BCUT2D eigenvalue weighted by atomic mass is 9.59. The Morgan fingerprint density at radius 1 is 1.29 bits per heavy atom. The molecule has 2 unspecified atom stereocenters. The highest BCUT2D eigenvalue weighted by Gasteiger charge is 2.53. The third kappa shape index (κ3) is 2.94. The molecule has 2 aliphatic rings. The standard InChI is InChI=1S/C21H29BrO2/c1-6-24-15(4)19-18-9-17(22)8-7-16(18)12-21(19)10-13(2)20(23-5)14(3)11-21/h7-9,13-14,19-20H,4,6,10-12H2,1-3,5H3/t13-,14+,19-,20?,21?/m1/s1. The maximum atomic E-state index is 5.93. The molecule has 0 saturated heterocycles. The van der Waals surface area contributed by atoms with Crippen molar-refractivity contribution in [2.24, 2.45) is 17.3 Å². The van der Waals surface area contributed by atoms with Gasteiger partial charge in [0.15, 0.2) is 0 Å². The minimum absolute atomic E-state index is 0.212. The molecule has 132 valence electrons. The lowest BCUT2D eigenvalue weighted by Gasteiger charge is -2.48. The van der Waals surface area contributed by atoms with Crippen LogP contribution in [-0.4, -0.2) is 19.8 Å². The molecule has 5 atom stereocenters. The number of rotatable bonds is 4. The summed E-state index contributed by atoms with van der Waals surface area (Å²) in [6.45, 7) is 11.7. The first-order valence-electron chi connectivity index (χ1n) is 9.04. The second-order valence-corrected chi connectivity index (χ2v) is 8.69. The summed E-state index contributed by atoms with van der Waals surface area (Å²) in [5.41, 5.74) is 3.07. The maximum Gasteiger partial charge on any atom is 0.0968 e. The van der Waals surface area contributed by atoms with E-state index in [2.05, 4.69) is 54.6 Å². The minimum atomic E-state index is 0.212. The highest BCUT2D eigenvalue weighted by Crippen LogP contribution is 2.60. The normalized spacial score (nSPS) is 35.0. The van der Waals surface area contributed by atoms with Gasteiger partial charge in [-0.05, 0) is 66.7 Å². The van der Waals surface area contributed by atoms with Crippen LogP contribution in [0.25, 0.3) is 0 Å². The largest absolute Gasteiger partial charge is 0.498 e. The summed E-state index contributed by atoms with van der Waals surface area (Å²) < 4.78 is 12.9. The summed E-state index contributed by atoms with van der Waals surface area (Å²) >= 11 is 3.65. The summed E-state index contributed by atoms with van der Waals surface area (Å²) in [4.78, 5) is 0. The van der Waals surface area contributed by atoms with Gasteiger partial charge in [-0.15, -0.1) is 0 Å². The van der Waals surface area contributed by atoms with Crippen LogP contribution in [0.2, 0.25) is 0 Å². The van der Waals surface area contributed by atoms with Crippen LogP contribution >= 0.6 is 15.9 Å². The van der Waals surface area contributed by atoms with E-state index >= 15 is 0 Å². The summed E-state index contributed by atoms with van der Waals surface area (Å²) in [7, 11) is 1.85. The molecule has 24 heavy (non-hydrogen) atoms. The molecule has 3 rings (SSSR count). The fraction of sp³-hybridized carbons (Fsp3) is 0.619. The smallest absolute Gasteiger partial charge is 0.0968 e. The maximum absolute atomic E-state index is 5.93. The molecule has 0 N–H and O–H groups in total. The molecule has 2 aliphatic carbocycles. The molecule has 0 heterocycles. The Morgan fingerprint density at radius 2 is 1.96 bits per heavy atom. The second kappa shape index (κ2) is 6.84. The monoisotopic (exact) mass is 392 g/mol. The average Bonchev–Trinajstić information content (AvgIpc) is 2.79. The Balaban J connectivity index is 2.02. The van der Waals surface area contributed by atoms with Crippen molar-refractivity contribution in [2.75, 3.05) is 13.7 Å². The van der Waals surface area contributed by atoms with Crippen LogP contribution in [0.4, 0.5) is 0 Å². The average molecular weight is 393 g/mol. The zero-order chi connectivity index (χ0) is 17.5. The van der Waals surface area contributed by atoms with Gasteiger partial charge in [0.05, 0.1) is 18.5 Å². The van der Waals surface area contributed by atoms with Gasteiger partial charge in [0.2, 0.25) is 0 Å². The third-order valence-corrected chi connectivity index (χ3v) is 6.57. The van der Waals surface area contributed by atoms with Crippen LogP contribution in [-0.2, 0) is 15.9 Å². The van der Waals surface area contributed by atoms with Gasteiger partial charge in [-0.3, -0.25) is 0 Å². The van der Waals surface area contributed by atoms with Gasteiger partial charge >= 0.3 is 0 Å². The van der Waals surface area contributed by atoms with Crippen molar-refractivity contribution in [3.8, 4) is 0 Å². The van der Waals surface area contributed by atoms with Crippen LogP contribution in [0.15, 0.2) is 35.0 Å². The highest BCUT2D eigenvalue weighted by atomic mass is 79.9. The van der Waals surface area contributed by atoms with Crippen LogP contribution < -0.4 is 0 Å². The molecular formula is C21H29BrO2. The molecule has 3 heteroatoms. The molecule has 1 aromatic carbocycles. The van der Waals surface area contributed by atoms with E-state index in [4.69, 9.17) is 9.47 Å². The number of hydrogen-bond acceptors (Lipinski definition) is 2. The van der Waals surface area contributed by atoms with Crippen LogP contribution in [0.1, 0.15) is 50.7 Å². The van der Waals surface area contributed by atoms with Gasteiger partial charge < -0.3 is 9.47 Å². The predicted octanol–water partition coefficient (Wildman–Crippen LogP) is 5.71. The van der Waals surface area contributed by atoms with Crippen molar-refractivity contribution < 1.29 is 9.47 Å². The number of allylic oxidation sites excluding steroid dienone is 1. The van der Waals surface area contributed by atoms with Gasteiger partial charge in [0, 0.05) is 17.5 Å². The first-order chi connectivity index (χ1) is 11.4. The Morgan fingerprint density at radius 3 is 2.54 bits per heavy atom. The summed E-state index contributed by atoms with van der Waals surface area (Å²) in [5.74, 6) is 2.32. The molecule has 0 radical (unpaired) electrons. The van der Waals surface area contributed by atoms with Crippen molar-refractivity contribution in [3.63, 3.8) is 0 Å². The van der Waals surface area contributed by atoms with Crippen molar-refractivity contribution in [2.45, 2.75) is 52.1 Å². The zero-order valence-electron chi connectivity index (χ0n) is 15.3. The lowest BCUT2D eigenvalue weighted by molar-refractivity contribution is -0.0590. The Labute approximate surface area is 154 Å². The summed E-state index contributed by atoms with van der Waals surface area (Å²) in [5, 5.41) is 0. The molecule has 0 amide bonds. The van der Waals surface area contributed by atoms with Crippen molar-refractivity contribution in [1.29, 1.82) is 0 Å². The van der Waals surface area contributed by atoms with Crippen molar-refractivity contribution in [1.82, 2.24) is 0 Å². The Bertz CT molecular complexity index is 612. The van der Waals surface area contributed by atoms with E-state index in [-0.39, 0.29) is 11.3 Å². The zero-order valence-corrected chi connectivity index (χ0v) is 16.9. The van der Waals surface area contributed by atoms with E-state index in [1.165, 1.54) is 24.0 Å². The molecule has 1 spiro atoms. The minimum Gasteiger partial charge on any atom is -0.498 e. The fourth-order valence-electron chi connectivity index (χ4n) is 5.59. The number of ether oxygens (including phenoxy) is 2. The van der Waals surface area contributed by atoms with E-state index in [9.17, 15) is 0 Å². The molecule has 1 aromatic rings. The predicted molar refractivity (Wildman–Crippen MR) is 102 cm³/mol. The molecule has 0 bridgehead atoms. The molecular weight excluding hydrogens is 364 g/mol. The SMILES string of the molecule is C=C(OCC)[C@@H]1c2cc(Br)ccc2CC12C[C@@H](C)C(OC)[C@@H](C)C2. The summed E-state index contributed by atoms with van der Waals surface area (Å²) in [6, 6.07) is 6.71. The van der Waals surface area contributed by atoms with Crippen molar-refractivity contribution >= 4 is 15.9 Å². The van der Waals surface area contributed by atoms with Crippen LogP contribution in [0.3, 0.4) is 0 Å². The Kier molecular flexibility index (Phi) is 5.13. The van der Waals surface area contributed by atoms with E-state index < -0.39 is 0 Å². The molecule has 1 saturated carbocycles. The Hall–Kier alpha value is -0.800. The fourth-order valence-corrected chi connectivity index (χ4v) is 5.97. The van der Waals surface area contributed by atoms with Crippen molar-refractivity contribution in [3.05, 3.63) is 46.1 Å². The molecule has 0 aromatic heterocycles. The van der Waals surface area contributed by atoms with E-state index in [1.54, 1.807) is 0 Å². The summed E-state index contributed by atoms with van der Waals surface area (Å²) in [6.07, 6.45) is 3.81.